The van der Waals surface area contributed by atoms with Crippen LogP contribution in [-0.4, -0.2) is 63.2 Å². The summed E-state index contributed by atoms with van der Waals surface area (Å²) < 4.78 is 0. The van der Waals surface area contributed by atoms with Crippen LogP contribution in [0.5, 0.6) is 0 Å². The number of rotatable bonds is 6. The molecular weight excluding hydrogens is 282 g/mol. The van der Waals surface area contributed by atoms with Gasteiger partial charge in [0.15, 0.2) is 6.04 Å². The molecule has 1 saturated heterocycles. The minimum atomic E-state index is -1.50. The van der Waals surface area contributed by atoms with Crippen molar-refractivity contribution in [2.45, 2.75) is 44.9 Å². The van der Waals surface area contributed by atoms with Gasteiger partial charge in [-0.3, -0.25) is 14.5 Å². The van der Waals surface area contributed by atoms with Crippen molar-refractivity contribution in [2.24, 2.45) is 0 Å². The van der Waals surface area contributed by atoms with Gasteiger partial charge in [0, 0.05) is 0 Å². The van der Waals surface area contributed by atoms with Crippen LogP contribution in [0.15, 0.2) is 0 Å². The molecule has 0 saturated carbocycles. The smallest absolute Gasteiger partial charge is 0.328 e. The molecule has 1 aliphatic rings. The predicted octanol–water partition coefficient (Wildman–Crippen LogP) is -1.34. The highest BCUT2D eigenvalue weighted by atomic mass is 16.4. The number of aliphatic hydroxyl groups is 1. The van der Waals surface area contributed by atoms with E-state index in [0.717, 1.165) is 4.90 Å². The second-order valence-electron chi connectivity index (χ2n) is 5.13. The van der Waals surface area contributed by atoms with Crippen LogP contribution < -0.4 is 10.6 Å². The van der Waals surface area contributed by atoms with Crippen LogP contribution in [-0.2, 0) is 14.4 Å². The number of hydrogen-bond donors (Lipinski definition) is 4. The van der Waals surface area contributed by atoms with E-state index in [9.17, 15) is 24.3 Å². The first-order valence-corrected chi connectivity index (χ1v) is 6.46. The van der Waals surface area contributed by atoms with Crippen molar-refractivity contribution in [3.05, 3.63) is 0 Å². The fourth-order valence-corrected chi connectivity index (χ4v) is 1.88. The summed E-state index contributed by atoms with van der Waals surface area (Å²) in [4.78, 5) is 47.1. The highest BCUT2D eigenvalue weighted by Crippen LogP contribution is 2.20. The van der Waals surface area contributed by atoms with Crippen molar-refractivity contribution in [3.63, 3.8) is 0 Å². The van der Waals surface area contributed by atoms with Crippen LogP contribution >= 0.6 is 0 Å². The van der Waals surface area contributed by atoms with Gasteiger partial charge in [-0.25, -0.2) is 9.59 Å². The van der Waals surface area contributed by atoms with E-state index in [1.165, 1.54) is 6.92 Å². The summed E-state index contributed by atoms with van der Waals surface area (Å²) in [6.07, 6.45) is -0.948. The van der Waals surface area contributed by atoms with Crippen molar-refractivity contribution in [1.29, 1.82) is 0 Å². The molecule has 21 heavy (non-hydrogen) atoms. The van der Waals surface area contributed by atoms with Crippen LogP contribution in [0.25, 0.3) is 0 Å². The Hall–Kier alpha value is -2.16. The first kappa shape index (κ1) is 16.9. The average molecular weight is 301 g/mol. The van der Waals surface area contributed by atoms with Crippen molar-refractivity contribution >= 4 is 23.8 Å². The quantitative estimate of drug-likeness (QED) is 0.448. The highest BCUT2D eigenvalue weighted by Gasteiger charge is 2.47. The Morgan fingerprint density at radius 3 is 2.38 bits per heavy atom. The predicted molar refractivity (Wildman–Crippen MR) is 70.2 cm³/mol. The van der Waals surface area contributed by atoms with Crippen LogP contribution in [0.4, 0.5) is 4.79 Å². The second kappa shape index (κ2) is 6.08. The summed E-state index contributed by atoms with van der Waals surface area (Å²) >= 11 is 0. The lowest BCUT2D eigenvalue weighted by molar-refractivity contribution is -0.145. The summed E-state index contributed by atoms with van der Waals surface area (Å²) in [5, 5.41) is 22.6. The molecule has 0 spiro atoms. The van der Waals surface area contributed by atoms with Crippen LogP contribution in [0, 0.1) is 0 Å². The third-order valence-electron chi connectivity index (χ3n) is 3.42. The number of nitrogens with zero attached hydrogens (tertiary/aromatic N) is 1. The Labute approximate surface area is 121 Å². The molecule has 0 aliphatic carbocycles. The molecule has 1 rings (SSSR count). The van der Waals surface area contributed by atoms with Crippen LogP contribution in [0.2, 0.25) is 0 Å². The Morgan fingerprint density at radius 1 is 1.43 bits per heavy atom. The number of aliphatic hydroxyl groups excluding tert-OH is 1. The molecule has 0 radical (unpaired) electrons. The van der Waals surface area contributed by atoms with Crippen molar-refractivity contribution in [3.8, 4) is 0 Å². The minimum Gasteiger partial charge on any atom is -0.480 e. The Bertz CT molecular complexity index is 478. The summed E-state index contributed by atoms with van der Waals surface area (Å²) in [7, 11) is 0. The lowest BCUT2D eigenvalue weighted by atomic mass is 9.99. The van der Waals surface area contributed by atoms with Gasteiger partial charge in [-0.1, -0.05) is 6.92 Å². The number of aliphatic carboxylic acids is 1. The van der Waals surface area contributed by atoms with E-state index in [0.29, 0.717) is 6.42 Å². The molecule has 3 atom stereocenters. The molecule has 4 N–H and O–H groups in total. The summed E-state index contributed by atoms with van der Waals surface area (Å²) in [5.74, 6) is -2.80. The average Bonchev–Trinajstić information content (AvgIpc) is 2.59. The van der Waals surface area contributed by atoms with Gasteiger partial charge in [-0.15, -0.1) is 0 Å². The van der Waals surface area contributed by atoms with Gasteiger partial charge in [0.05, 0.1) is 6.10 Å². The molecule has 118 valence electrons. The lowest BCUT2D eigenvalue weighted by Gasteiger charge is -2.20. The molecule has 0 aromatic carbocycles. The first-order chi connectivity index (χ1) is 9.62. The summed E-state index contributed by atoms with van der Waals surface area (Å²) in [6.45, 7) is 3.87. The molecular formula is C12H19N3O6. The minimum absolute atomic E-state index is 0.362. The standard InChI is InChI=1S/C12H19N3O6/c1-4-12(3)10(20)15(11(21)14-12)5-7(17)13-8(6(2)16)9(18)19/h6,8,16H,4-5H2,1-3H3,(H,13,17)(H,14,21)(H,18,19)/t6-,8+,12?/m1/s1. The number of amides is 4. The van der Waals surface area contributed by atoms with Crippen LogP contribution in [0.1, 0.15) is 27.2 Å². The topological polar surface area (TPSA) is 136 Å². The number of nitrogens with one attached hydrogen (secondary N) is 2. The maximum absolute atomic E-state index is 12.1. The fourth-order valence-electron chi connectivity index (χ4n) is 1.88. The van der Waals surface area contributed by atoms with E-state index in [1.807, 2.05) is 0 Å². The van der Waals surface area contributed by atoms with Gasteiger partial charge in [0.1, 0.15) is 12.1 Å². The highest BCUT2D eigenvalue weighted by molar-refractivity contribution is 6.08. The molecule has 1 aliphatic heterocycles. The molecule has 0 bridgehead atoms. The Morgan fingerprint density at radius 2 is 2.00 bits per heavy atom. The van der Waals surface area contributed by atoms with Gasteiger partial charge >= 0.3 is 12.0 Å². The fraction of sp³-hybridized carbons (Fsp3) is 0.667. The largest absolute Gasteiger partial charge is 0.480 e. The van der Waals surface area contributed by atoms with Crippen molar-refractivity contribution < 1.29 is 29.4 Å². The summed E-state index contributed by atoms with van der Waals surface area (Å²) in [6, 6.07) is -2.21. The van der Waals surface area contributed by atoms with Crippen molar-refractivity contribution in [2.75, 3.05) is 6.54 Å². The molecule has 1 unspecified atom stereocenters. The third-order valence-corrected chi connectivity index (χ3v) is 3.42. The number of carboxylic acid groups (broad SMARTS) is 1. The number of carbonyl (C=O) groups is 4. The molecule has 9 heteroatoms. The molecule has 1 heterocycles. The van der Waals surface area contributed by atoms with Crippen LogP contribution in [0.3, 0.4) is 0 Å². The monoisotopic (exact) mass is 301 g/mol. The zero-order chi connectivity index (χ0) is 16.4. The SMILES string of the molecule is CCC1(C)NC(=O)N(CC(=O)N[C@H](C(=O)O)[C@@H](C)O)C1=O. The van der Waals surface area contributed by atoms with E-state index in [1.54, 1.807) is 13.8 Å². The van der Waals surface area contributed by atoms with E-state index < -0.39 is 48.0 Å². The molecule has 0 aromatic heterocycles. The molecule has 4 amide bonds. The number of imide groups is 1. The normalized spacial score (nSPS) is 24.5. The lowest BCUT2D eigenvalue weighted by Crippen LogP contribution is -2.51. The van der Waals surface area contributed by atoms with Gasteiger partial charge in [0.25, 0.3) is 5.91 Å². The van der Waals surface area contributed by atoms with E-state index in [4.69, 9.17) is 5.11 Å². The zero-order valence-corrected chi connectivity index (χ0v) is 12.0. The van der Waals surface area contributed by atoms with E-state index >= 15 is 0 Å². The molecule has 9 nitrogen and oxygen atoms in total. The number of urea groups is 1. The summed E-state index contributed by atoms with van der Waals surface area (Å²) in [5.41, 5.74) is -1.06. The van der Waals surface area contributed by atoms with E-state index in [2.05, 4.69) is 10.6 Å². The number of carboxylic acids is 1. The van der Waals surface area contributed by atoms with Gasteiger partial charge in [-0.2, -0.15) is 0 Å². The second-order valence-corrected chi connectivity index (χ2v) is 5.13. The van der Waals surface area contributed by atoms with Crippen molar-refractivity contribution in [1.82, 2.24) is 15.5 Å². The first-order valence-electron chi connectivity index (χ1n) is 6.46. The zero-order valence-electron chi connectivity index (χ0n) is 12.0. The number of hydrogen-bond acceptors (Lipinski definition) is 5. The van der Waals surface area contributed by atoms with Gasteiger partial charge < -0.3 is 20.8 Å². The third kappa shape index (κ3) is 3.48. The van der Waals surface area contributed by atoms with Gasteiger partial charge in [0.2, 0.25) is 5.91 Å². The van der Waals surface area contributed by atoms with E-state index in [-0.39, 0.29) is 0 Å². The van der Waals surface area contributed by atoms with Gasteiger partial charge in [-0.05, 0) is 20.3 Å². The molecule has 0 aromatic rings. The number of carbonyl (C=O) groups excluding carboxylic acids is 3. The maximum Gasteiger partial charge on any atom is 0.328 e. The maximum atomic E-state index is 12.1. The Balaban J connectivity index is 2.73. The Kier molecular flexibility index (Phi) is 4.89. The molecule has 1 fully saturated rings.